The zero-order chi connectivity index (χ0) is 21.6. The van der Waals surface area contributed by atoms with Crippen molar-refractivity contribution >= 4 is 38.3 Å². The minimum Gasteiger partial charge on any atom is -0.391 e. The lowest BCUT2D eigenvalue weighted by Gasteiger charge is -2.28. The van der Waals surface area contributed by atoms with Gasteiger partial charge in [-0.15, -0.1) is 0 Å². The molecule has 0 saturated carbocycles. The second kappa shape index (κ2) is 10.5. The average Bonchev–Trinajstić information content (AvgIpc) is 2.67. The molecule has 2 aromatic carbocycles. The Morgan fingerprint density at radius 3 is 2.17 bits per heavy atom. The summed E-state index contributed by atoms with van der Waals surface area (Å²) >= 11 is 2.15. The number of aliphatic hydroxyl groups is 1. The second-order valence-electron chi connectivity index (χ2n) is 7.24. The molecule has 2 atom stereocenters. The van der Waals surface area contributed by atoms with Gasteiger partial charge in [0.1, 0.15) is 0 Å². The molecule has 9 heteroatoms. The number of benzene rings is 2. The van der Waals surface area contributed by atoms with E-state index in [9.17, 15) is 23.6 Å². The first-order valence-corrected chi connectivity index (χ1v) is 11.9. The zero-order valence-corrected chi connectivity index (χ0v) is 19.3. The summed E-state index contributed by atoms with van der Waals surface area (Å²) in [6.45, 7) is 4.00. The van der Waals surface area contributed by atoms with Crippen molar-refractivity contribution in [2.45, 2.75) is 35.2 Å². The average molecular weight is 532 g/mol. The van der Waals surface area contributed by atoms with E-state index in [1.165, 1.54) is 28.6 Å². The number of non-ortho nitro benzene ring substituents is 1. The predicted octanol–water partition coefficient (Wildman–Crippen LogP) is 3.65. The Bertz CT molecular complexity index is 904. The van der Waals surface area contributed by atoms with Crippen LogP contribution in [-0.2, 0) is 16.4 Å². The molecule has 2 aromatic rings. The van der Waals surface area contributed by atoms with E-state index in [0.717, 1.165) is 5.56 Å². The van der Waals surface area contributed by atoms with Gasteiger partial charge >= 0.3 is 0 Å². The number of halogens is 1. The van der Waals surface area contributed by atoms with Gasteiger partial charge in [-0.05, 0) is 30.0 Å². The molecular weight excluding hydrogens is 507 g/mol. The van der Waals surface area contributed by atoms with Crippen LogP contribution >= 0.6 is 22.6 Å². The van der Waals surface area contributed by atoms with Crippen molar-refractivity contribution in [3.05, 3.63) is 70.3 Å². The molecule has 0 amide bonds. The highest BCUT2D eigenvalue weighted by atomic mass is 127. The molecular formula is C20H25IN2O5S. The van der Waals surface area contributed by atoms with Crippen molar-refractivity contribution in [2.24, 2.45) is 5.92 Å². The van der Waals surface area contributed by atoms with Gasteiger partial charge in [0.2, 0.25) is 10.0 Å². The van der Waals surface area contributed by atoms with E-state index in [-0.39, 0.29) is 33.5 Å². The zero-order valence-electron chi connectivity index (χ0n) is 16.3. The van der Waals surface area contributed by atoms with Gasteiger partial charge in [-0.1, -0.05) is 66.8 Å². The molecule has 0 saturated heterocycles. The van der Waals surface area contributed by atoms with Gasteiger partial charge in [-0.25, -0.2) is 8.42 Å². The van der Waals surface area contributed by atoms with Crippen LogP contribution in [0.15, 0.2) is 59.5 Å². The van der Waals surface area contributed by atoms with Crippen molar-refractivity contribution in [1.82, 2.24) is 4.31 Å². The van der Waals surface area contributed by atoms with Crippen LogP contribution in [0, 0.1) is 16.0 Å². The highest BCUT2D eigenvalue weighted by molar-refractivity contribution is 14.1. The normalized spacial score (nSPS) is 14.1. The topological polar surface area (TPSA) is 101 Å². The van der Waals surface area contributed by atoms with E-state index < -0.39 is 21.1 Å². The van der Waals surface area contributed by atoms with Crippen molar-refractivity contribution in [3.63, 3.8) is 0 Å². The molecule has 0 aliphatic heterocycles. The van der Waals surface area contributed by atoms with Crippen molar-refractivity contribution in [3.8, 4) is 0 Å². The summed E-state index contributed by atoms with van der Waals surface area (Å²) in [4.78, 5) is 10.2. The fourth-order valence-corrected chi connectivity index (χ4v) is 5.22. The number of aliphatic hydroxyl groups excluding tert-OH is 1. The van der Waals surface area contributed by atoms with Crippen molar-refractivity contribution in [2.75, 3.05) is 13.1 Å². The number of nitro benzene ring substituents is 1. The monoisotopic (exact) mass is 532 g/mol. The first kappa shape index (κ1) is 23.7. The van der Waals surface area contributed by atoms with Crippen molar-refractivity contribution < 1.29 is 18.4 Å². The summed E-state index contributed by atoms with van der Waals surface area (Å²) in [5.41, 5.74) is 0.897. The molecule has 2 rings (SSSR count). The van der Waals surface area contributed by atoms with Gasteiger partial charge in [-0.2, -0.15) is 4.31 Å². The highest BCUT2D eigenvalue weighted by Gasteiger charge is 2.30. The Kier molecular flexibility index (Phi) is 8.56. The lowest BCUT2D eigenvalue weighted by atomic mass is 10.1. The number of sulfonamides is 1. The maximum absolute atomic E-state index is 13.1. The minimum atomic E-state index is -3.89. The third-order valence-corrected chi connectivity index (χ3v) is 7.45. The summed E-state index contributed by atoms with van der Waals surface area (Å²) in [5.74, 6) is 0.0526. The summed E-state index contributed by atoms with van der Waals surface area (Å²) in [7, 11) is -3.89. The van der Waals surface area contributed by atoms with Crippen LogP contribution in [0.1, 0.15) is 19.4 Å². The molecule has 0 heterocycles. The Morgan fingerprint density at radius 1 is 1.07 bits per heavy atom. The predicted molar refractivity (Wildman–Crippen MR) is 121 cm³/mol. The van der Waals surface area contributed by atoms with Crippen LogP contribution in [0.3, 0.4) is 0 Å². The Hall–Kier alpha value is -1.56. The molecule has 0 aliphatic carbocycles. The summed E-state index contributed by atoms with van der Waals surface area (Å²) in [6.07, 6.45) is -0.238. The summed E-state index contributed by atoms with van der Waals surface area (Å²) in [6, 6.07) is 14.5. The second-order valence-corrected chi connectivity index (χ2v) is 10.8. The maximum Gasteiger partial charge on any atom is 0.269 e. The molecule has 0 radical (unpaired) electrons. The molecule has 0 fully saturated rings. The summed E-state index contributed by atoms with van der Waals surface area (Å²) in [5, 5.41) is 21.5. The van der Waals surface area contributed by atoms with Crippen LogP contribution in [-0.4, -0.2) is 45.9 Å². The standard InChI is InChI=1S/C20H25IN2O5S/c1-15(2)13-22(14-20(24)19(21)12-16-6-4-3-5-7-16)29(27,28)18-10-8-17(9-11-18)23(25)26/h3-11,15,19-20,24H,12-14H2,1-2H3/t19-,20+/m0/s1. The Morgan fingerprint density at radius 2 is 1.66 bits per heavy atom. The molecule has 29 heavy (non-hydrogen) atoms. The van der Waals surface area contributed by atoms with Gasteiger partial charge in [0, 0.05) is 29.1 Å². The first-order chi connectivity index (χ1) is 13.6. The van der Waals surface area contributed by atoms with Gasteiger partial charge in [0.15, 0.2) is 0 Å². The van der Waals surface area contributed by atoms with Crippen LogP contribution in [0.5, 0.6) is 0 Å². The van der Waals surface area contributed by atoms with Gasteiger partial charge in [0.25, 0.3) is 5.69 Å². The molecule has 7 nitrogen and oxygen atoms in total. The smallest absolute Gasteiger partial charge is 0.269 e. The number of alkyl halides is 1. The molecule has 0 unspecified atom stereocenters. The fourth-order valence-electron chi connectivity index (χ4n) is 2.87. The number of nitrogens with zero attached hydrogens (tertiary/aromatic N) is 2. The quantitative estimate of drug-likeness (QED) is 0.218. The lowest BCUT2D eigenvalue weighted by Crippen LogP contribution is -2.42. The molecule has 0 bridgehead atoms. The van der Waals surface area contributed by atoms with Gasteiger partial charge in [0.05, 0.1) is 15.9 Å². The number of nitro groups is 1. The van der Waals surface area contributed by atoms with Crippen LogP contribution in [0.25, 0.3) is 0 Å². The maximum atomic E-state index is 13.1. The van der Waals surface area contributed by atoms with Crippen molar-refractivity contribution in [1.29, 1.82) is 0 Å². The van der Waals surface area contributed by atoms with Crippen LogP contribution < -0.4 is 0 Å². The third-order valence-electron chi connectivity index (χ3n) is 4.34. The number of hydrogen-bond acceptors (Lipinski definition) is 5. The minimum absolute atomic E-state index is 0.0241. The highest BCUT2D eigenvalue weighted by Crippen LogP contribution is 2.23. The van der Waals surface area contributed by atoms with Gasteiger partial charge < -0.3 is 5.11 Å². The number of rotatable bonds is 10. The van der Waals surface area contributed by atoms with Crippen LogP contribution in [0.2, 0.25) is 0 Å². The SMILES string of the molecule is CC(C)CN(C[C@@H](O)[C@@H](I)Cc1ccccc1)S(=O)(=O)c1ccc([N+](=O)[O-])cc1. The largest absolute Gasteiger partial charge is 0.391 e. The van der Waals surface area contributed by atoms with E-state index in [4.69, 9.17) is 0 Å². The molecule has 0 aromatic heterocycles. The molecule has 0 spiro atoms. The van der Waals surface area contributed by atoms with E-state index in [1.807, 2.05) is 44.2 Å². The van der Waals surface area contributed by atoms with E-state index in [2.05, 4.69) is 22.6 Å². The molecule has 1 N–H and O–H groups in total. The first-order valence-electron chi connectivity index (χ1n) is 9.22. The lowest BCUT2D eigenvalue weighted by molar-refractivity contribution is -0.384. The summed E-state index contributed by atoms with van der Waals surface area (Å²) < 4.78 is 27.3. The molecule has 158 valence electrons. The van der Waals surface area contributed by atoms with Crippen LogP contribution in [0.4, 0.5) is 5.69 Å². The Balaban J connectivity index is 2.19. The third kappa shape index (κ3) is 6.73. The van der Waals surface area contributed by atoms with Gasteiger partial charge in [-0.3, -0.25) is 10.1 Å². The Labute approximate surface area is 185 Å². The van der Waals surface area contributed by atoms with E-state index >= 15 is 0 Å². The van der Waals surface area contributed by atoms with E-state index in [1.54, 1.807) is 0 Å². The fraction of sp³-hybridized carbons (Fsp3) is 0.400. The molecule has 0 aliphatic rings. The van der Waals surface area contributed by atoms with E-state index in [0.29, 0.717) is 6.42 Å². The number of hydrogen-bond donors (Lipinski definition) is 1.